The summed E-state index contributed by atoms with van der Waals surface area (Å²) in [6.45, 7) is 5.11. The Labute approximate surface area is 116 Å². The average Bonchev–Trinajstić information content (AvgIpc) is 3.13. The highest BCUT2D eigenvalue weighted by molar-refractivity contribution is 4.94. The topological polar surface area (TPSA) is 54.0 Å². The maximum Gasteiger partial charge on any atom is 0.0971 e. The van der Waals surface area contributed by atoms with E-state index >= 15 is 0 Å². The van der Waals surface area contributed by atoms with E-state index in [1.165, 1.54) is 12.8 Å². The molecule has 5 nitrogen and oxygen atoms in total. The van der Waals surface area contributed by atoms with Gasteiger partial charge in [-0.3, -0.25) is 4.90 Å². The van der Waals surface area contributed by atoms with Crippen LogP contribution in [0.4, 0.5) is 0 Å². The lowest BCUT2D eigenvalue weighted by atomic mass is 9.98. The van der Waals surface area contributed by atoms with E-state index < -0.39 is 0 Å². The molecule has 1 saturated carbocycles. The minimum absolute atomic E-state index is 0.158. The highest BCUT2D eigenvalue weighted by atomic mass is 16.5. The molecule has 1 heterocycles. The first-order chi connectivity index (χ1) is 9.10. The molecule has 0 amide bonds. The van der Waals surface area contributed by atoms with Crippen molar-refractivity contribution in [2.75, 3.05) is 40.5 Å². The first-order valence-electron chi connectivity index (χ1n) is 7.26. The Kier molecular flexibility index (Phi) is 5.20. The van der Waals surface area contributed by atoms with Crippen LogP contribution < -0.4 is 5.32 Å². The molecular weight excluding hydrogens is 244 g/mol. The summed E-state index contributed by atoms with van der Waals surface area (Å²) < 4.78 is 10.9. The molecule has 2 aliphatic rings. The van der Waals surface area contributed by atoms with Crippen LogP contribution in [0.2, 0.25) is 0 Å². The van der Waals surface area contributed by atoms with Gasteiger partial charge in [0, 0.05) is 45.4 Å². The number of aliphatic hydroxyl groups is 1. The zero-order valence-corrected chi connectivity index (χ0v) is 12.4. The molecule has 112 valence electrons. The first-order valence-corrected chi connectivity index (χ1v) is 7.26. The summed E-state index contributed by atoms with van der Waals surface area (Å²) in [5, 5.41) is 13.2. The summed E-state index contributed by atoms with van der Waals surface area (Å²) >= 11 is 0. The van der Waals surface area contributed by atoms with Crippen molar-refractivity contribution in [3.8, 4) is 0 Å². The largest absolute Gasteiger partial charge is 0.394 e. The second-order valence-corrected chi connectivity index (χ2v) is 6.20. The maximum atomic E-state index is 9.60. The molecule has 2 fully saturated rings. The van der Waals surface area contributed by atoms with E-state index in [1.54, 1.807) is 14.2 Å². The van der Waals surface area contributed by atoms with Crippen LogP contribution in [0, 0.1) is 0 Å². The Morgan fingerprint density at radius 2 is 1.79 bits per heavy atom. The fourth-order valence-corrected chi connectivity index (χ4v) is 2.78. The van der Waals surface area contributed by atoms with Crippen LogP contribution in [0.25, 0.3) is 0 Å². The standard InChI is InChI=1S/C14H28N2O3/c1-14(10-17,15-11-4-5-11)6-7-16-8-12(18-2)13(9-16)19-3/h11-13,15,17H,4-10H2,1-3H3. The van der Waals surface area contributed by atoms with Gasteiger partial charge in [-0.1, -0.05) is 0 Å². The highest BCUT2D eigenvalue weighted by Crippen LogP contribution is 2.25. The summed E-state index contributed by atoms with van der Waals surface area (Å²) in [6.07, 6.45) is 3.78. The predicted molar refractivity (Wildman–Crippen MR) is 74.3 cm³/mol. The number of ether oxygens (including phenoxy) is 2. The second kappa shape index (κ2) is 6.50. The molecule has 0 aromatic heterocycles. The van der Waals surface area contributed by atoms with Gasteiger partial charge in [0.2, 0.25) is 0 Å². The maximum absolute atomic E-state index is 9.60. The van der Waals surface area contributed by atoms with Gasteiger partial charge < -0.3 is 19.9 Å². The minimum Gasteiger partial charge on any atom is -0.394 e. The SMILES string of the molecule is COC1CN(CCC(C)(CO)NC2CC2)CC1OC. The minimum atomic E-state index is -0.158. The third kappa shape index (κ3) is 4.13. The predicted octanol–water partition coefficient (Wildman–Crippen LogP) is 0.225. The van der Waals surface area contributed by atoms with Crippen molar-refractivity contribution in [3.63, 3.8) is 0 Å². The van der Waals surface area contributed by atoms with Crippen LogP contribution in [-0.4, -0.2) is 74.3 Å². The molecule has 0 spiro atoms. The molecule has 19 heavy (non-hydrogen) atoms. The molecule has 0 radical (unpaired) electrons. The molecular formula is C14H28N2O3. The van der Waals surface area contributed by atoms with Crippen LogP contribution in [-0.2, 0) is 9.47 Å². The summed E-state index contributed by atoms with van der Waals surface area (Å²) in [7, 11) is 3.49. The molecule has 0 bridgehead atoms. The molecule has 0 aromatic carbocycles. The van der Waals surface area contributed by atoms with Gasteiger partial charge in [-0.25, -0.2) is 0 Å². The van der Waals surface area contributed by atoms with Gasteiger partial charge in [-0.2, -0.15) is 0 Å². The van der Waals surface area contributed by atoms with E-state index in [9.17, 15) is 5.11 Å². The van der Waals surface area contributed by atoms with Crippen molar-refractivity contribution in [2.24, 2.45) is 0 Å². The summed E-state index contributed by atoms with van der Waals surface area (Å²) in [5.41, 5.74) is -0.158. The molecule has 2 rings (SSSR count). The number of hydrogen-bond acceptors (Lipinski definition) is 5. The summed E-state index contributed by atoms with van der Waals surface area (Å²) in [6, 6.07) is 0.620. The first kappa shape index (κ1) is 15.2. The van der Waals surface area contributed by atoms with E-state index in [-0.39, 0.29) is 24.4 Å². The molecule has 1 aliphatic carbocycles. The number of nitrogens with zero attached hydrogens (tertiary/aromatic N) is 1. The smallest absolute Gasteiger partial charge is 0.0971 e. The zero-order valence-electron chi connectivity index (χ0n) is 12.4. The average molecular weight is 272 g/mol. The Bertz CT molecular complexity index is 274. The molecule has 1 aliphatic heterocycles. The number of methoxy groups -OCH3 is 2. The quantitative estimate of drug-likeness (QED) is 0.662. The second-order valence-electron chi connectivity index (χ2n) is 6.20. The Balaban J connectivity index is 1.77. The van der Waals surface area contributed by atoms with E-state index in [1.807, 2.05) is 0 Å². The van der Waals surface area contributed by atoms with Crippen molar-refractivity contribution < 1.29 is 14.6 Å². The molecule has 0 aromatic rings. The molecule has 3 atom stereocenters. The Morgan fingerprint density at radius 3 is 2.21 bits per heavy atom. The third-order valence-corrected chi connectivity index (χ3v) is 4.36. The third-order valence-electron chi connectivity index (χ3n) is 4.36. The zero-order chi connectivity index (χ0) is 13.9. The normalized spacial score (nSPS) is 31.6. The molecule has 2 N–H and O–H groups in total. The van der Waals surface area contributed by atoms with Crippen molar-refractivity contribution >= 4 is 0 Å². The van der Waals surface area contributed by atoms with E-state index in [0.717, 1.165) is 26.1 Å². The monoisotopic (exact) mass is 272 g/mol. The van der Waals surface area contributed by atoms with Crippen LogP contribution in [0.3, 0.4) is 0 Å². The van der Waals surface area contributed by atoms with Crippen molar-refractivity contribution in [1.29, 1.82) is 0 Å². The summed E-state index contributed by atoms with van der Waals surface area (Å²) in [4.78, 5) is 2.37. The lowest BCUT2D eigenvalue weighted by molar-refractivity contribution is -0.00461. The van der Waals surface area contributed by atoms with E-state index in [0.29, 0.717) is 6.04 Å². The summed E-state index contributed by atoms with van der Waals surface area (Å²) in [5.74, 6) is 0. The number of hydrogen-bond donors (Lipinski definition) is 2. The van der Waals surface area contributed by atoms with Crippen LogP contribution in [0.1, 0.15) is 26.2 Å². The Morgan fingerprint density at radius 1 is 1.21 bits per heavy atom. The van der Waals surface area contributed by atoms with Gasteiger partial charge >= 0.3 is 0 Å². The van der Waals surface area contributed by atoms with E-state index in [4.69, 9.17) is 9.47 Å². The van der Waals surface area contributed by atoms with Crippen LogP contribution in [0.15, 0.2) is 0 Å². The molecule has 3 unspecified atom stereocenters. The molecule has 1 saturated heterocycles. The lowest BCUT2D eigenvalue weighted by Gasteiger charge is -2.31. The van der Waals surface area contributed by atoms with Crippen molar-refractivity contribution in [2.45, 2.75) is 50.0 Å². The van der Waals surface area contributed by atoms with Crippen LogP contribution >= 0.6 is 0 Å². The van der Waals surface area contributed by atoms with Crippen molar-refractivity contribution in [1.82, 2.24) is 10.2 Å². The van der Waals surface area contributed by atoms with Gasteiger partial charge in [0.05, 0.1) is 18.8 Å². The number of nitrogens with one attached hydrogen (secondary N) is 1. The van der Waals surface area contributed by atoms with Gasteiger partial charge in [-0.05, 0) is 26.2 Å². The van der Waals surface area contributed by atoms with Gasteiger partial charge in [0.1, 0.15) is 0 Å². The van der Waals surface area contributed by atoms with Gasteiger partial charge in [-0.15, -0.1) is 0 Å². The number of likely N-dealkylation sites (tertiary alicyclic amines) is 1. The van der Waals surface area contributed by atoms with Gasteiger partial charge in [0.25, 0.3) is 0 Å². The van der Waals surface area contributed by atoms with E-state index in [2.05, 4.69) is 17.1 Å². The Hall–Kier alpha value is -0.200. The number of rotatable bonds is 8. The lowest BCUT2D eigenvalue weighted by Crippen LogP contribution is -2.49. The van der Waals surface area contributed by atoms with Gasteiger partial charge in [0.15, 0.2) is 0 Å². The highest BCUT2D eigenvalue weighted by Gasteiger charge is 2.36. The fourth-order valence-electron chi connectivity index (χ4n) is 2.78. The van der Waals surface area contributed by atoms with Crippen LogP contribution in [0.5, 0.6) is 0 Å². The number of aliphatic hydroxyl groups excluding tert-OH is 1. The van der Waals surface area contributed by atoms with Crippen molar-refractivity contribution in [3.05, 3.63) is 0 Å². The fraction of sp³-hybridized carbons (Fsp3) is 1.00. The molecule has 5 heteroatoms.